The van der Waals surface area contributed by atoms with Crippen LogP contribution in [0, 0.1) is 55.4 Å². The molecule has 0 saturated heterocycles. The summed E-state index contributed by atoms with van der Waals surface area (Å²) >= 11 is 0. The number of benzene rings is 18. The van der Waals surface area contributed by atoms with Gasteiger partial charge in [-0.15, -0.1) is 0 Å². The summed E-state index contributed by atoms with van der Waals surface area (Å²) in [6.07, 6.45) is 4.41. The van der Waals surface area contributed by atoms with Crippen molar-refractivity contribution >= 4 is 34.1 Å². The Morgan fingerprint density at radius 2 is 0.304 bits per heavy atom. The molecule has 0 amide bonds. The molecule has 18 aromatic carbocycles. The van der Waals surface area contributed by atoms with E-state index in [-0.39, 0.29) is 5.41 Å². The molecular weight excluding hydrogens is 1630 g/mol. The van der Waals surface area contributed by atoms with Crippen LogP contribution in [0.15, 0.2) is 388 Å². The van der Waals surface area contributed by atoms with E-state index in [2.05, 4.69) is 509 Å². The number of aryl methyl sites for hydroxylation is 8. The average molecular weight is 1750 g/mol. The van der Waals surface area contributed by atoms with E-state index < -0.39 is 0 Å². The molecule has 0 atom stereocenters. The molecule has 0 radical (unpaired) electrons. The van der Waals surface area contributed by atoms with Gasteiger partial charge >= 0.3 is 0 Å². The van der Waals surface area contributed by atoms with Crippen molar-refractivity contribution in [3.63, 3.8) is 0 Å². The highest BCUT2D eigenvalue weighted by Crippen LogP contribution is 2.52. The van der Waals surface area contributed by atoms with Gasteiger partial charge in [0.1, 0.15) is 0 Å². The van der Waals surface area contributed by atoms with Crippen LogP contribution in [0.3, 0.4) is 0 Å². The van der Waals surface area contributed by atoms with E-state index in [0.717, 1.165) is 59.8 Å². The van der Waals surface area contributed by atoms with E-state index in [1.165, 1.54) is 211 Å². The molecule has 1 aliphatic carbocycles. The molecule has 2 heteroatoms. The third-order valence-electron chi connectivity index (χ3n) is 28.7. The lowest BCUT2D eigenvalue weighted by atomic mass is 9.73. The Morgan fingerprint density at radius 1 is 0.163 bits per heavy atom. The Kier molecular flexibility index (Phi) is 25.4. The fraction of sp³-hybridized carbons (Fsp3) is 0.188. The second kappa shape index (κ2) is 38.3. The minimum Gasteiger partial charge on any atom is -0.311 e. The maximum absolute atomic E-state index is 2.47. The third kappa shape index (κ3) is 18.5. The Balaban J connectivity index is 0.697. The van der Waals surface area contributed by atoms with Crippen molar-refractivity contribution in [3.05, 3.63) is 466 Å². The summed E-state index contributed by atoms with van der Waals surface area (Å²) in [5.41, 5.74) is 53.4. The van der Waals surface area contributed by atoms with Crippen LogP contribution in [-0.2, 0) is 5.41 Å². The molecule has 19 rings (SSSR count). The minimum absolute atomic E-state index is 0.207. The summed E-state index contributed by atoms with van der Waals surface area (Å²) in [5, 5.41) is 0. The van der Waals surface area contributed by atoms with Crippen LogP contribution in [-0.4, -0.2) is 0 Å². The van der Waals surface area contributed by atoms with Gasteiger partial charge in [-0.05, 0) is 332 Å². The largest absolute Gasteiger partial charge is 0.311 e. The number of hydrogen-bond donors (Lipinski definition) is 0. The predicted molar refractivity (Wildman–Crippen MR) is 581 cm³/mol. The van der Waals surface area contributed by atoms with E-state index in [4.69, 9.17) is 0 Å². The highest BCUT2D eigenvalue weighted by Gasteiger charge is 2.38. The highest BCUT2D eigenvalue weighted by atomic mass is 15.1. The fourth-order valence-electron chi connectivity index (χ4n) is 20.9. The van der Waals surface area contributed by atoms with Gasteiger partial charge in [0.15, 0.2) is 0 Å². The molecule has 2 nitrogen and oxygen atoms in total. The van der Waals surface area contributed by atoms with Crippen LogP contribution in [0.4, 0.5) is 34.1 Å². The molecule has 666 valence electrons. The lowest BCUT2D eigenvalue weighted by molar-refractivity contribution is 0.535. The minimum atomic E-state index is -0.207. The monoisotopic (exact) mass is 1750 g/mol. The Morgan fingerprint density at radius 3 is 0.452 bits per heavy atom. The first-order valence-electron chi connectivity index (χ1n) is 48.9. The Hall–Kier alpha value is -14.4. The summed E-state index contributed by atoms with van der Waals surface area (Å²) in [4.78, 5) is 4.93. The molecule has 0 bridgehead atoms. The van der Waals surface area contributed by atoms with E-state index >= 15 is 0 Å². The van der Waals surface area contributed by atoms with Crippen molar-refractivity contribution in [3.8, 4) is 134 Å². The van der Waals surface area contributed by atoms with Gasteiger partial charge in [0, 0.05) is 39.5 Å². The van der Waals surface area contributed by atoms with Gasteiger partial charge < -0.3 is 9.80 Å². The summed E-state index contributed by atoms with van der Waals surface area (Å²) in [7, 11) is 0. The summed E-state index contributed by atoms with van der Waals surface area (Å²) < 4.78 is 0. The normalized spacial score (nSPS) is 12.5. The second-order valence-electron chi connectivity index (χ2n) is 39.7. The molecule has 1 fully saturated rings. The van der Waals surface area contributed by atoms with Crippen molar-refractivity contribution in [2.45, 2.75) is 166 Å². The van der Waals surface area contributed by atoms with Crippen molar-refractivity contribution in [2.75, 3.05) is 9.80 Å². The average Bonchev–Trinajstić information content (AvgIpc) is 1.67. The van der Waals surface area contributed by atoms with Gasteiger partial charge in [0.05, 0.1) is 0 Å². The second-order valence-corrected chi connectivity index (χ2v) is 39.7. The molecule has 0 spiro atoms. The van der Waals surface area contributed by atoms with Crippen LogP contribution in [0.25, 0.3) is 134 Å². The molecule has 1 aliphatic rings. The predicted octanol–water partition coefficient (Wildman–Crippen LogP) is 38.5. The molecule has 0 aromatic heterocycles. The lowest BCUT2D eigenvalue weighted by Gasteiger charge is -2.33. The fourth-order valence-corrected chi connectivity index (χ4v) is 20.9. The molecular formula is C133H124N2. The van der Waals surface area contributed by atoms with E-state index in [1.54, 1.807) is 0 Å². The maximum atomic E-state index is 2.47. The zero-order valence-corrected chi connectivity index (χ0v) is 81.5. The molecule has 0 N–H and O–H groups in total. The Bertz CT molecular complexity index is 6500. The van der Waals surface area contributed by atoms with Gasteiger partial charge in [0.25, 0.3) is 0 Å². The van der Waals surface area contributed by atoms with E-state index in [0.29, 0.717) is 23.7 Å². The van der Waals surface area contributed by atoms with Crippen molar-refractivity contribution in [1.29, 1.82) is 0 Å². The molecule has 18 aromatic rings. The van der Waals surface area contributed by atoms with Crippen molar-refractivity contribution in [2.24, 2.45) is 0 Å². The number of hydrogen-bond acceptors (Lipinski definition) is 2. The van der Waals surface area contributed by atoms with Gasteiger partial charge in [-0.3, -0.25) is 0 Å². The van der Waals surface area contributed by atoms with Gasteiger partial charge in [-0.2, -0.15) is 0 Å². The summed E-state index contributed by atoms with van der Waals surface area (Å²) in [6, 6.07) is 149. The summed E-state index contributed by atoms with van der Waals surface area (Å²) in [5.74, 6) is 1.82. The zero-order valence-electron chi connectivity index (χ0n) is 81.5. The van der Waals surface area contributed by atoms with Crippen LogP contribution >= 0.6 is 0 Å². The van der Waals surface area contributed by atoms with E-state index in [9.17, 15) is 0 Å². The van der Waals surface area contributed by atoms with E-state index in [1.807, 2.05) is 0 Å². The number of nitrogens with zero attached hydrogens (tertiary/aromatic N) is 2. The maximum Gasteiger partial charge on any atom is 0.0462 e. The van der Waals surface area contributed by atoms with Crippen LogP contribution < -0.4 is 9.80 Å². The standard InChI is InChI=1S/C133H124N2/c1-85(2)97-27-35-101(36-28-97)117-67-19-89(9)77-125(117)129-81-93(13)23-71-121(129)105-43-55-111(56-44-105)134(112-57-45-106(46-58-112)122-72-24-94(14)82-130(122)126-78-90(10)20-68-118(126)102-37-29-98(30-38-102)86(3)4)115-63-51-109(52-64-115)133(75-17-18-76-133)110-53-65-116(66-54-110)135(113-59-47-107(48-60-113)123-73-25-95(15)83-131(123)127-79-91(11)21-69-119(127)103-39-31-99(32-40-103)87(5)6)114-61-49-108(50-62-114)124-74-26-96(16)84-132(124)128-80-92(12)22-70-120(128)104-41-33-100(34-42-104)88(7)8/h19-74,77-88H,17-18,75-76H2,1-16H3. The van der Waals surface area contributed by atoms with Crippen molar-refractivity contribution < 1.29 is 0 Å². The number of anilines is 6. The lowest BCUT2D eigenvalue weighted by Crippen LogP contribution is -2.24. The van der Waals surface area contributed by atoms with Crippen LogP contribution in [0.1, 0.15) is 183 Å². The number of rotatable bonds is 24. The first-order chi connectivity index (χ1) is 65.4. The topological polar surface area (TPSA) is 6.48 Å². The zero-order chi connectivity index (χ0) is 93.5. The molecule has 135 heavy (non-hydrogen) atoms. The SMILES string of the molecule is Cc1ccc(-c2ccc(C(C)C)cc2)c(-c2cc(C)ccc2-c2ccc(N(c3ccc(-c4ccc(C)cc4-c4cc(C)ccc4-c4ccc(C(C)C)cc4)cc3)c3ccc(C4(c5ccc(N(c6ccc(-c7ccc(C)cc7-c7cc(C)ccc7-c7ccc(C(C)C)cc7)cc6)c6ccc(-c7ccc(C)cc7-c7cc(C)ccc7-c7ccc(C(C)C)cc7)cc6)cc5)CCCC4)cc3)cc2)c1. The first-order valence-corrected chi connectivity index (χ1v) is 48.9. The molecule has 0 aliphatic heterocycles. The van der Waals surface area contributed by atoms with Crippen LogP contribution in [0.5, 0.6) is 0 Å². The smallest absolute Gasteiger partial charge is 0.0462 e. The molecule has 0 unspecified atom stereocenters. The third-order valence-corrected chi connectivity index (χ3v) is 28.7. The highest BCUT2D eigenvalue weighted by molar-refractivity contribution is 5.98. The van der Waals surface area contributed by atoms with Gasteiger partial charge in [0.2, 0.25) is 0 Å². The van der Waals surface area contributed by atoms with Gasteiger partial charge in [-0.25, -0.2) is 0 Å². The summed E-state index contributed by atoms with van der Waals surface area (Å²) in [6.45, 7) is 35.9. The molecule has 1 saturated carbocycles. The first kappa shape index (κ1) is 89.8. The van der Waals surface area contributed by atoms with Crippen LogP contribution in [0.2, 0.25) is 0 Å². The molecule has 0 heterocycles. The van der Waals surface area contributed by atoms with Crippen molar-refractivity contribution in [1.82, 2.24) is 0 Å². The Labute approximate surface area is 803 Å². The quantitative estimate of drug-likeness (QED) is 0.0595. The van der Waals surface area contributed by atoms with Gasteiger partial charge in [-0.1, -0.05) is 428 Å².